The van der Waals surface area contributed by atoms with E-state index in [2.05, 4.69) is 5.43 Å². The maximum Gasteiger partial charge on any atom is 0.163 e. The van der Waals surface area contributed by atoms with Gasteiger partial charge in [0.25, 0.3) is 0 Å². The van der Waals surface area contributed by atoms with Crippen LogP contribution in [0.1, 0.15) is 22.9 Å². The van der Waals surface area contributed by atoms with Gasteiger partial charge in [0.1, 0.15) is 0 Å². The number of hydrogen-bond donors (Lipinski definition) is 2. The van der Waals surface area contributed by atoms with Gasteiger partial charge in [-0.05, 0) is 30.4 Å². The second-order valence-electron chi connectivity index (χ2n) is 3.98. The smallest absolute Gasteiger partial charge is 0.163 e. The molecule has 3 N–H and O–H groups in total. The molecule has 1 heterocycles. The molecule has 0 saturated carbocycles. The van der Waals surface area contributed by atoms with Crippen LogP contribution in [0.15, 0.2) is 35.7 Å². The molecule has 0 radical (unpaired) electrons. The molecule has 2 rings (SSSR count). The molecule has 0 aliphatic carbocycles. The number of halogens is 2. The Hall–Kier alpha value is -1.30. The van der Waals surface area contributed by atoms with E-state index in [4.69, 9.17) is 5.84 Å². The quantitative estimate of drug-likeness (QED) is 0.645. The molecule has 96 valence electrons. The van der Waals surface area contributed by atoms with Crippen molar-refractivity contribution in [3.8, 4) is 0 Å². The van der Waals surface area contributed by atoms with E-state index in [0.29, 0.717) is 6.42 Å². The van der Waals surface area contributed by atoms with Crippen LogP contribution in [0.4, 0.5) is 8.78 Å². The summed E-state index contributed by atoms with van der Waals surface area (Å²) in [7, 11) is 0. The van der Waals surface area contributed by atoms with Gasteiger partial charge in [-0.1, -0.05) is 18.2 Å². The van der Waals surface area contributed by atoms with Crippen LogP contribution in [0.5, 0.6) is 0 Å². The molecule has 0 aliphatic heterocycles. The highest BCUT2D eigenvalue weighted by Gasteiger charge is 2.17. The van der Waals surface area contributed by atoms with Gasteiger partial charge in [0.2, 0.25) is 0 Å². The molecule has 1 atom stereocenters. The van der Waals surface area contributed by atoms with Gasteiger partial charge < -0.3 is 0 Å². The Labute approximate surface area is 108 Å². The molecule has 2 aromatic rings. The Bertz CT molecular complexity index is 500. The maximum absolute atomic E-state index is 13.6. The number of benzene rings is 1. The Morgan fingerprint density at radius 1 is 1.22 bits per heavy atom. The summed E-state index contributed by atoms with van der Waals surface area (Å²) in [5.74, 6) is 3.76. The SMILES string of the molecule is NNC(CCc1cccs1)c1cccc(F)c1F. The molecule has 18 heavy (non-hydrogen) atoms. The third kappa shape index (κ3) is 2.93. The number of hydrogen-bond acceptors (Lipinski definition) is 3. The summed E-state index contributed by atoms with van der Waals surface area (Å²) < 4.78 is 26.8. The van der Waals surface area contributed by atoms with Crippen LogP contribution in [0, 0.1) is 11.6 Å². The third-order valence-electron chi connectivity index (χ3n) is 2.82. The first kappa shape index (κ1) is 13.1. The van der Waals surface area contributed by atoms with Crippen molar-refractivity contribution < 1.29 is 8.78 Å². The van der Waals surface area contributed by atoms with Gasteiger partial charge in [0.05, 0.1) is 0 Å². The van der Waals surface area contributed by atoms with E-state index >= 15 is 0 Å². The van der Waals surface area contributed by atoms with Crippen molar-refractivity contribution in [2.24, 2.45) is 5.84 Å². The van der Waals surface area contributed by atoms with E-state index in [-0.39, 0.29) is 11.6 Å². The van der Waals surface area contributed by atoms with Gasteiger partial charge in [-0.2, -0.15) is 0 Å². The minimum atomic E-state index is -0.844. The molecule has 5 heteroatoms. The van der Waals surface area contributed by atoms with Gasteiger partial charge in [-0.15, -0.1) is 11.3 Å². The van der Waals surface area contributed by atoms with E-state index < -0.39 is 11.6 Å². The van der Waals surface area contributed by atoms with Gasteiger partial charge >= 0.3 is 0 Å². The van der Waals surface area contributed by atoms with Crippen molar-refractivity contribution in [2.45, 2.75) is 18.9 Å². The molecular formula is C13H14F2N2S. The largest absolute Gasteiger partial charge is 0.271 e. The summed E-state index contributed by atoms with van der Waals surface area (Å²) in [6.45, 7) is 0. The predicted octanol–water partition coefficient (Wildman–Crippen LogP) is 3.16. The highest BCUT2D eigenvalue weighted by molar-refractivity contribution is 7.09. The van der Waals surface area contributed by atoms with Crippen LogP contribution in [0.3, 0.4) is 0 Å². The minimum absolute atomic E-state index is 0.272. The fraction of sp³-hybridized carbons (Fsp3) is 0.231. The molecular weight excluding hydrogens is 254 g/mol. The summed E-state index contributed by atoms with van der Waals surface area (Å²) in [4.78, 5) is 1.20. The second kappa shape index (κ2) is 6.04. The van der Waals surface area contributed by atoms with Crippen molar-refractivity contribution in [3.05, 3.63) is 57.8 Å². The first-order valence-electron chi connectivity index (χ1n) is 5.64. The van der Waals surface area contributed by atoms with Crippen LogP contribution in [0.2, 0.25) is 0 Å². The van der Waals surface area contributed by atoms with Crippen molar-refractivity contribution in [2.75, 3.05) is 0 Å². The lowest BCUT2D eigenvalue weighted by Crippen LogP contribution is -2.29. The van der Waals surface area contributed by atoms with E-state index in [0.717, 1.165) is 12.5 Å². The number of nitrogens with two attached hydrogens (primary N) is 1. The molecule has 0 spiro atoms. The van der Waals surface area contributed by atoms with Crippen LogP contribution in [0.25, 0.3) is 0 Å². The standard InChI is InChI=1S/C13H14F2N2S/c14-11-5-1-4-10(13(11)15)12(17-16)7-6-9-3-2-8-18-9/h1-5,8,12,17H,6-7,16H2. The molecule has 0 bridgehead atoms. The molecule has 0 amide bonds. The molecule has 0 saturated heterocycles. The Kier molecular flexibility index (Phi) is 4.41. The minimum Gasteiger partial charge on any atom is -0.271 e. The highest BCUT2D eigenvalue weighted by atomic mass is 32.1. The highest BCUT2D eigenvalue weighted by Crippen LogP contribution is 2.24. The Morgan fingerprint density at radius 3 is 2.72 bits per heavy atom. The molecule has 1 aromatic heterocycles. The lowest BCUT2D eigenvalue weighted by molar-refractivity contribution is 0.453. The number of hydrazine groups is 1. The van der Waals surface area contributed by atoms with Crippen molar-refractivity contribution >= 4 is 11.3 Å². The number of thiophene rings is 1. The zero-order chi connectivity index (χ0) is 13.0. The normalized spacial score (nSPS) is 12.6. The third-order valence-corrected chi connectivity index (χ3v) is 3.75. The monoisotopic (exact) mass is 268 g/mol. The fourth-order valence-corrected chi connectivity index (χ4v) is 2.58. The summed E-state index contributed by atoms with van der Waals surface area (Å²) >= 11 is 1.64. The van der Waals surface area contributed by atoms with Crippen LogP contribution in [-0.4, -0.2) is 0 Å². The lowest BCUT2D eigenvalue weighted by atomic mass is 10.0. The number of rotatable bonds is 5. The van der Waals surface area contributed by atoms with Gasteiger partial charge in [-0.25, -0.2) is 8.78 Å². The van der Waals surface area contributed by atoms with Crippen LogP contribution >= 0.6 is 11.3 Å². The van der Waals surface area contributed by atoms with Crippen molar-refractivity contribution in [3.63, 3.8) is 0 Å². The van der Waals surface area contributed by atoms with Gasteiger partial charge in [0, 0.05) is 16.5 Å². The Morgan fingerprint density at radius 2 is 2.06 bits per heavy atom. The molecule has 0 aliphatic rings. The van der Waals surface area contributed by atoms with Crippen molar-refractivity contribution in [1.82, 2.24) is 5.43 Å². The second-order valence-corrected chi connectivity index (χ2v) is 5.01. The first-order valence-corrected chi connectivity index (χ1v) is 6.52. The van der Waals surface area contributed by atoms with Gasteiger partial charge in [0.15, 0.2) is 11.6 Å². The zero-order valence-electron chi connectivity index (χ0n) is 9.70. The topological polar surface area (TPSA) is 38.0 Å². The van der Waals surface area contributed by atoms with E-state index in [1.807, 2.05) is 17.5 Å². The number of nitrogens with one attached hydrogen (secondary N) is 1. The average molecular weight is 268 g/mol. The zero-order valence-corrected chi connectivity index (χ0v) is 10.5. The number of aryl methyl sites for hydroxylation is 1. The summed E-state index contributed by atoms with van der Waals surface area (Å²) in [6, 6.07) is 7.74. The van der Waals surface area contributed by atoms with Crippen LogP contribution in [-0.2, 0) is 6.42 Å². The van der Waals surface area contributed by atoms with Crippen molar-refractivity contribution in [1.29, 1.82) is 0 Å². The first-order chi connectivity index (χ1) is 8.72. The summed E-state index contributed by atoms with van der Waals surface area (Å²) in [5.41, 5.74) is 2.82. The maximum atomic E-state index is 13.6. The lowest BCUT2D eigenvalue weighted by Gasteiger charge is -2.16. The molecule has 1 unspecified atom stereocenters. The molecule has 0 fully saturated rings. The predicted molar refractivity (Wildman–Crippen MR) is 69.1 cm³/mol. The Balaban J connectivity index is 2.10. The summed E-state index contributed by atoms with van der Waals surface area (Å²) in [5, 5.41) is 1.99. The molecule has 2 nitrogen and oxygen atoms in total. The van der Waals surface area contributed by atoms with E-state index in [1.165, 1.54) is 10.9 Å². The molecule has 1 aromatic carbocycles. The summed E-state index contributed by atoms with van der Waals surface area (Å²) in [6.07, 6.45) is 1.40. The van der Waals surface area contributed by atoms with E-state index in [1.54, 1.807) is 17.4 Å². The fourth-order valence-electron chi connectivity index (χ4n) is 1.86. The van der Waals surface area contributed by atoms with Gasteiger partial charge in [-0.3, -0.25) is 11.3 Å². The van der Waals surface area contributed by atoms with Crippen LogP contribution < -0.4 is 11.3 Å². The van der Waals surface area contributed by atoms with E-state index in [9.17, 15) is 8.78 Å². The average Bonchev–Trinajstić information content (AvgIpc) is 2.88.